The van der Waals surface area contributed by atoms with Crippen LogP contribution in [0.15, 0.2) is 91.5 Å². The molecular weight excluding hydrogens is 376 g/mol. The number of hydrogen-bond donors (Lipinski definition) is 3. The van der Waals surface area contributed by atoms with Gasteiger partial charge in [-0.15, -0.1) is 0 Å². The number of aromatic nitrogens is 2. The highest BCUT2D eigenvalue weighted by Crippen LogP contribution is 2.19. The molecule has 150 valence electrons. The Labute approximate surface area is 174 Å². The van der Waals surface area contributed by atoms with Crippen LogP contribution in [0.25, 0.3) is 5.69 Å². The van der Waals surface area contributed by atoms with E-state index in [0.717, 1.165) is 22.6 Å². The molecule has 1 heterocycles. The second-order valence-electron chi connectivity index (χ2n) is 6.89. The summed E-state index contributed by atoms with van der Waals surface area (Å²) >= 11 is 0. The summed E-state index contributed by atoms with van der Waals surface area (Å²) in [7, 11) is 0. The molecule has 1 aromatic heterocycles. The quantitative estimate of drug-likeness (QED) is 0.434. The summed E-state index contributed by atoms with van der Waals surface area (Å²) in [6, 6.07) is 22.4. The van der Waals surface area contributed by atoms with Crippen molar-refractivity contribution in [2.45, 2.75) is 6.42 Å². The summed E-state index contributed by atoms with van der Waals surface area (Å²) in [5, 5.41) is 15.6. The van der Waals surface area contributed by atoms with Crippen LogP contribution in [0.1, 0.15) is 15.9 Å². The summed E-state index contributed by atoms with van der Waals surface area (Å²) < 4.78 is 1.94. The van der Waals surface area contributed by atoms with Gasteiger partial charge in [0, 0.05) is 41.6 Å². The zero-order valence-electron chi connectivity index (χ0n) is 16.3. The molecule has 0 atom stereocenters. The highest BCUT2D eigenvalue weighted by atomic mass is 16.3. The predicted octanol–water partition coefficient (Wildman–Crippen LogP) is 4.29. The number of benzene rings is 3. The average Bonchev–Trinajstić information content (AvgIpc) is 3.31. The van der Waals surface area contributed by atoms with Crippen molar-refractivity contribution >= 4 is 17.3 Å². The third-order valence-electron chi connectivity index (χ3n) is 4.72. The lowest BCUT2D eigenvalue weighted by Gasteiger charge is -2.10. The second-order valence-corrected chi connectivity index (χ2v) is 6.89. The first-order valence-corrected chi connectivity index (χ1v) is 9.69. The van der Waals surface area contributed by atoms with Gasteiger partial charge in [-0.25, -0.2) is 4.98 Å². The van der Waals surface area contributed by atoms with Gasteiger partial charge in [-0.3, -0.25) is 4.79 Å². The van der Waals surface area contributed by atoms with Gasteiger partial charge in [0.15, 0.2) is 0 Å². The normalized spacial score (nSPS) is 10.5. The van der Waals surface area contributed by atoms with Gasteiger partial charge in [-0.2, -0.15) is 0 Å². The fourth-order valence-electron chi connectivity index (χ4n) is 3.12. The molecule has 0 saturated heterocycles. The number of anilines is 2. The zero-order chi connectivity index (χ0) is 20.8. The van der Waals surface area contributed by atoms with Crippen LogP contribution in [0.2, 0.25) is 0 Å². The molecule has 6 heteroatoms. The largest absolute Gasteiger partial charge is 0.508 e. The molecule has 0 aliphatic heterocycles. The Morgan fingerprint density at radius 1 is 0.967 bits per heavy atom. The van der Waals surface area contributed by atoms with E-state index in [4.69, 9.17) is 0 Å². The molecule has 0 aliphatic carbocycles. The highest BCUT2D eigenvalue weighted by molar-refractivity contribution is 5.95. The number of amides is 1. The summed E-state index contributed by atoms with van der Waals surface area (Å²) in [5.74, 6) is 0.122. The van der Waals surface area contributed by atoms with Gasteiger partial charge in [0.25, 0.3) is 5.91 Å². The third-order valence-corrected chi connectivity index (χ3v) is 4.72. The standard InChI is InChI=1S/C24H22N4O2/c29-23-10-4-18(5-11-23)12-13-26-24(30)19-2-1-3-21(16-19)27-20-6-8-22(9-7-20)28-15-14-25-17-28/h1-11,14-17,27,29H,12-13H2,(H,26,30). The van der Waals surface area contributed by atoms with Crippen LogP contribution in [-0.4, -0.2) is 27.1 Å². The molecule has 3 aromatic carbocycles. The number of aromatic hydroxyl groups is 1. The smallest absolute Gasteiger partial charge is 0.251 e. The van der Waals surface area contributed by atoms with E-state index in [1.165, 1.54) is 0 Å². The highest BCUT2D eigenvalue weighted by Gasteiger charge is 2.06. The van der Waals surface area contributed by atoms with E-state index in [2.05, 4.69) is 15.6 Å². The first kappa shape index (κ1) is 19.3. The van der Waals surface area contributed by atoms with E-state index in [-0.39, 0.29) is 11.7 Å². The van der Waals surface area contributed by atoms with Crippen LogP contribution in [0.4, 0.5) is 11.4 Å². The lowest BCUT2D eigenvalue weighted by molar-refractivity contribution is 0.0954. The Morgan fingerprint density at radius 2 is 1.77 bits per heavy atom. The molecular formula is C24H22N4O2. The minimum absolute atomic E-state index is 0.118. The van der Waals surface area contributed by atoms with E-state index < -0.39 is 0 Å². The molecule has 6 nitrogen and oxygen atoms in total. The monoisotopic (exact) mass is 398 g/mol. The maximum atomic E-state index is 12.5. The van der Waals surface area contributed by atoms with E-state index >= 15 is 0 Å². The van der Waals surface area contributed by atoms with Crippen molar-refractivity contribution in [1.29, 1.82) is 0 Å². The molecule has 4 aromatic rings. The second kappa shape index (κ2) is 8.96. The van der Waals surface area contributed by atoms with Crippen molar-refractivity contribution < 1.29 is 9.90 Å². The van der Waals surface area contributed by atoms with Crippen molar-refractivity contribution in [3.63, 3.8) is 0 Å². The number of phenols is 1. The van der Waals surface area contributed by atoms with E-state index in [1.54, 1.807) is 30.7 Å². The number of carbonyl (C=O) groups excluding carboxylic acids is 1. The molecule has 1 amide bonds. The predicted molar refractivity (Wildman–Crippen MR) is 117 cm³/mol. The summed E-state index contributed by atoms with van der Waals surface area (Å²) in [6.45, 7) is 0.525. The Bertz CT molecular complexity index is 1100. The molecule has 0 bridgehead atoms. The van der Waals surface area contributed by atoms with Gasteiger partial charge in [0.05, 0.1) is 6.33 Å². The van der Waals surface area contributed by atoms with E-state index in [0.29, 0.717) is 18.5 Å². The topological polar surface area (TPSA) is 79.2 Å². The maximum Gasteiger partial charge on any atom is 0.251 e. The lowest BCUT2D eigenvalue weighted by Crippen LogP contribution is -2.25. The first-order valence-electron chi connectivity index (χ1n) is 9.69. The zero-order valence-corrected chi connectivity index (χ0v) is 16.3. The number of hydrogen-bond acceptors (Lipinski definition) is 4. The Morgan fingerprint density at radius 3 is 2.50 bits per heavy atom. The Kier molecular flexibility index (Phi) is 5.75. The van der Waals surface area contributed by atoms with Crippen LogP contribution in [0.3, 0.4) is 0 Å². The van der Waals surface area contributed by atoms with Gasteiger partial charge >= 0.3 is 0 Å². The molecule has 4 rings (SSSR count). The van der Waals surface area contributed by atoms with Gasteiger partial charge in [-0.1, -0.05) is 18.2 Å². The van der Waals surface area contributed by atoms with Gasteiger partial charge in [0.2, 0.25) is 0 Å². The Hall–Kier alpha value is -4.06. The fraction of sp³-hybridized carbons (Fsp3) is 0.0833. The number of nitrogens with one attached hydrogen (secondary N) is 2. The summed E-state index contributed by atoms with van der Waals surface area (Å²) in [6.07, 6.45) is 6.10. The molecule has 0 radical (unpaired) electrons. The van der Waals surface area contributed by atoms with Crippen LogP contribution in [0.5, 0.6) is 5.75 Å². The molecule has 30 heavy (non-hydrogen) atoms. The van der Waals surface area contributed by atoms with Crippen LogP contribution < -0.4 is 10.6 Å². The van der Waals surface area contributed by atoms with Crippen molar-refractivity contribution in [2.75, 3.05) is 11.9 Å². The van der Waals surface area contributed by atoms with Crippen LogP contribution in [0, 0.1) is 0 Å². The molecule has 0 fully saturated rings. The minimum atomic E-state index is -0.118. The van der Waals surface area contributed by atoms with Crippen molar-refractivity contribution in [2.24, 2.45) is 0 Å². The average molecular weight is 398 g/mol. The van der Waals surface area contributed by atoms with E-state index in [9.17, 15) is 9.90 Å². The summed E-state index contributed by atoms with van der Waals surface area (Å²) in [5.41, 5.74) is 4.46. The fourth-order valence-corrected chi connectivity index (χ4v) is 3.12. The molecule has 0 aliphatic rings. The molecule has 0 unspecified atom stereocenters. The van der Waals surface area contributed by atoms with E-state index in [1.807, 2.05) is 65.4 Å². The Balaban J connectivity index is 1.35. The number of carbonyl (C=O) groups is 1. The SMILES string of the molecule is O=C(NCCc1ccc(O)cc1)c1cccc(Nc2ccc(-n3ccnc3)cc2)c1. The number of nitrogens with zero attached hydrogens (tertiary/aromatic N) is 2. The van der Waals surface area contributed by atoms with Gasteiger partial charge in [-0.05, 0) is 66.6 Å². The maximum absolute atomic E-state index is 12.5. The molecule has 0 saturated carbocycles. The minimum Gasteiger partial charge on any atom is -0.508 e. The molecule has 0 spiro atoms. The van der Waals surface area contributed by atoms with Gasteiger partial charge in [0.1, 0.15) is 5.75 Å². The summed E-state index contributed by atoms with van der Waals surface area (Å²) in [4.78, 5) is 16.5. The first-order chi connectivity index (χ1) is 14.7. The van der Waals surface area contributed by atoms with Crippen molar-refractivity contribution in [1.82, 2.24) is 14.9 Å². The number of rotatable bonds is 7. The number of phenolic OH excluding ortho intramolecular Hbond substituents is 1. The van der Waals surface area contributed by atoms with Crippen LogP contribution >= 0.6 is 0 Å². The third kappa shape index (κ3) is 4.86. The number of imidazole rings is 1. The van der Waals surface area contributed by atoms with Crippen molar-refractivity contribution in [3.8, 4) is 11.4 Å². The van der Waals surface area contributed by atoms with Crippen molar-refractivity contribution in [3.05, 3.63) is 103 Å². The lowest BCUT2D eigenvalue weighted by atomic mass is 10.1. The van der Waals surface area contributed by atoms with Gasteiger partial charge < -0.3 is 20.3 Å². The molecule has 3 N–H and O–H groups in total. The van der Waals surface area contributed by atoms with Crippen LogP contribution in [-0.2, 0) is 6.42 Å².